The van der Waals surface area contributed by atoms with E-state index in [1.807, 2.05) is 24.4 Å². The van der Waals surface area contributed by atoms with Gasteiger partial charge in [-0.2, -0.15) is 0 Å². The molecular formula is C16H21BrClIN4S. The molecule has 0 saturated carbocycles. The number of benzene rings is 1. The molecule has 0 spiro atoms. The van der Waals surface area contributed by atoms with Crippen molar-refractivity contribution < 1.29 is 0 Å². The van der Waals surface area contributed by atoms with E-state index in [1.54, 1.807) is 18.4 Å². The number of thiazole rings is 1. The lowest BCUT2D eigenvalue weighted by atomic mass is 10.1. The number of nitrogens with one attached hydrogen (secondary N) is 2. The van der Waals surface area contributed by atoms with E-state index in [1.165, 1.54) is 10.4 Å². The summed E-state index contributed by atoms with van der Waals surface area (Å²) in [6, 6.07) is 5.83. The summed E-state index contributed by atoms with van der Waals surface area (Å²) >= 11 is 11.3. The molecule has 0 bridgehead atoms. The SMILES string of the molecule is CN=C(NCCc1ncc(C)s1)NCCc1cc(Cl)ccc1Br.I. The van der Waals surface area contributed by atoms with Crippen LogP contribution in [0, 0.1) is 6.92 Å². The number of aliphatic imine (C=N–C) groups is 1. The highest BCUT2D eigenvalue weighted by Gasteiger charge is 2.03. The quantitative estimate of drug-likeness (QED) is 0.322. The van der Waals surface area contributed by atoms with Gasteiger partial charge in [0.1, 0.15) is 0 Å². The zero-order valence-corrected chi connectivity index (χ0v) is 19.1. The summed E-state index contributed by atoms with van der Waals surface area (Å²) in [6.45, 7) is 3.67. The standard InChI is InChI=1S/C16H20BrClN4S.HI/c1-11-10-22-15(23-11)6-8-21-16(19-2)20-7-5-12-9-13(18)3-4-14(12)17;/h3-4,9-10H,5-8H2,1-2H3,(H2,19,20,21);1H. The molecule has 0 amide bonds. The van der Waals surface area contributed by atoms with Gasteiger partial charge in [-0.25, -0.2) is 4.98 Å². The van der Waals surface area contributed by atoms with Crippen molar-refractivity contribution in [3.63, 3.8) is 0 Å². The Balaban J connectivity index is 0.00000288. The van der Waals surface area contributed by atoms with Crippen LogP contribution in [-0.4, -0.2) is 31.1 Å². The number of halogens is 3. The van der Waals surface area contributed by atoms with Gasteiger partial charge in [-0.15, -0.1) is 35.3 Å². The molecular weight excluding hydrogens is 523 g/mol. The Morgan fingerprint density at radius 3 is 2.62 bits per heavy atom. The summed E-state index contributed by atoms with van der Waals surface area (Å²) in [5.41, 5.74) is 1.18. The molecule has 1 aromatic heterocycles. The predicted octanol–water partition coefficient (Wildman–Crippen LogP) is 4.44. The fraction of sp³-hybridized carbons (Fsp3) is 0.375. The topological polar surface area (TPSA) is 49.3 Å². The minimum Gasteiger partial charge on any atom is -0.356 e. The van der Waals surface area contributed by atoms with Crippen LogP contribution in [0.4, 0.5) is 0 Å². The molecule has 1 aromatic carbocycles. The predicted molar refractivity (Wildman–Crippen MR) is 118 cm³/mol. The van der Waals surface area contributed by atoms with E-state index in [0.717, 1.165) is 46.4 Å². The molecule has 2 aromatic rings. The first-order valence-corrected chi connectivity index (χ1v) is 9.37. The van der Waals surface area contributed by atoms with Crippen molar-refractivity contribution in [1.82, 2.24) is 15.6 Å². The average Bonchev–Trinajstić information content (AvgIpc) is 2.94. The fourth-order valence-electron chi connectivity index (χ4n) is 2.08. The molecule has 0 fully saturated rings. The number of aryl methyl sites for hydroxylation is 1. The minimum absolute atomic E-state index is 0. The molecule has 24 heavy (non-hydrogen) atoms. The maximum absolute atomic E-state index is 6.03. The van der Waals surface area contributed by atoms with Crippen molar-refractivity contribution in [3.05, 3.63) is 49.3 Å². The van der Waals surface area contributed by atoms with Gasteiger partial charge in [-0.05, 0) is 37.1 Å². The van der Waals surface area contributed by atoms with Gasteiger partial charge < -0.3 is 10.6 Å². The van der Waals surface area contributed by atoms with E-state index in [4.69, 9.17) is 11.6 Å². The molecule has 2 rings (SSSR count). The fourth-order valence-corrected chi connectivity index (χ4v) is 3.50. The van der Waals surface area contributed by atoms with Gasteiger partial charge in [0, 0.05) is 47.1 Å². The van der Waals surface area contributed by atoms with Crippen LogP contribution >= 0.6 is 62.8 Å². The maximum Gasteiger partial charge on any atom is 0.191 e. The zero-order chi connectivity index (χ0) is 16.7. The van der Waals surface area contributed by atoms with Crippen LogP contribution < -0.4 is 10.6 Å². The van der Waals surface area contributed by atoms with Crippen LogP contribution in [0.3, 0.4) is 0 Å². The van der Waals surface area contributed by atoms with Gasteiger partial charge in [0.15, 0.2) is 5.96 Å². The summed E-state index contributed by atoms with van der Waals surface area (Å²) < 4.78 is 1.07. The maximum atomic E-state index is 6.03. The second-order valence-corrected chi connectivity index (χ2v) is 7.64. The van der Waals surface area contributed by atoms with Crippen molar-refractivity contribution in [2.45, 2.75) is 19.8 Å². The molecule has 0 unspecified atom stereocenters. The smallest absolute Gasteiger partial charge is 0.191 e. The van der Waals surface area contributed by atoms with Gasteiger partial charge in [-0.1, -0.05) is 27.5 Å². The van der Waals surface area contributed by atoms with Crippen LogP contribution in [-0.2, 0) is 12.8 Å². The van der Waals surface area contributed by atoms with Crippen LogP contribution in [0.2, 0.25) is 5.02 Å². The summed E-state index contributed by atoms with van der Waals surface area (Å²) in [4.78, 5) is 9.84. The highest BCUT2D eigenvalue weighted by molar-refractivity contribution is 14.0. The van der Waals surface area contributed by atoms with Crippen LogP contribution in [0.25, 0.3) is 0 Å². The lowest BCUT2D eigenvalue weighted by molar-refractivity contribution is 0.781. The second kappa shape index (κ2) is 11.3. The van der Waals surface area contributed by atoms with Crippen molar-refractivity contribution >= 4 is 68.8 Å². The van der Waals surface area contributed by atoms with Crippen molar-refractivity contribution in [2.24, 2.45) is 4.99 Å². The number of hydrogen-bond donors (Lipinski definition) is 2. The van der Waals surface area contributed by atoms with E-state index >= 15 is 0 Å². The van der Waals surface area contributed by atoms with Crippen LogP contribution in [0.15, 0.2) is 33.9 Å². The first-order chi connectivity index (χ1) is 11.1. The number of guanidine groups is 1. The number of hydrogen-bond acceptors (Lipinski definition) is 3. The lowest BCUT2D eigenvalue weighted by Gasteiger charge is -2.12. The largest absolute Gasteiger partial charge is 0.356 e. The van der Waals surface area contributed by atoms with Crippen molar-refractivity contribution in [1.29, 1.82) is 0 Å². The van der Waals surface area contributed by atoms with Crippen molar-refractivity contribution in [2.75, 3.05) is 20.1 Å². The monoisotopic (exact) mass is 542 g/mol. The molecule has 0 radical (unpaired) electrons. The third-order valence-electron chi connectivity index (χ3n) is 3.22. The van der Waals surface area contributed by atoms with Gasteiger partial charge >= 0.3 is 0 Å². The van der Waals surface area contributed by atoms with Gasteiger partial charge in [0.2, 0.25) is 0 Å². The molecule has 0 atom stereocenters. The average molecular weight is 544 g/mol. The molecule has 0 aliphatic heterocycles. The van der Waals surface area contributed by atoms with E-state index in [-0.39, 0.29) is 24.0 Å². The second-order valence-electron chi connectivity index (χ2n) is 5.03. The third-order valence-corrected chi connectivity index (χ3v) is 5.20. The highest BCUT2D eigenvalue weighted by Crippen LogP contribution is 2.21. The lowest BCUT2D eigenvalue weighted by Crippen LogP contribution is -2.39. The van der Waals surface area contributed by atoms with Gasteiger partial charge in [-0.3, -0.25) is 4.99 Å². The molecule has 0 aliphatic rings. The number of rotatable bonds is 6. The number of nitrogens with zero attached hydrogens (tertiary/aromatic N) is 2. The molecule has 0 saturated heterocycles. The Labute approximate surface area is 177 Å². The Bertz CT molecular complexity index is 678. The first kappa shape index (κ1) is 21.7. The minimum atomic E-state index is 0. The Morgan fingerprint density at radius 1 is 1.29 bits per heavy atom. The molecule has 1 heterocycles. The van der Waals surface area contributed by atoms with Crippen molar-refractivity contribution in [3.8, 4) is 0 Å². The van der Waals surface area contributed by atoms with E-state index in [2.05, 4.69) is 43.5 Å². The van der Waals surface area contributed by atoms with E-state index in [0.29, 0.717) is 0 Å². The van der Waals surface area contributed by atoms with Gasteiger partial charge in [0.25, 0.3) is 0 Å². The molecule has 2 N–H and O–H groups in total. The Hall–Kier alpha value is -0.380. The van der Waals surface area contributed by atoms with E-state index in [9.17, 15) is 0 Å². The summed E-state index contributed by atoms with van der Waals surface area (Å²) in [7, 11) is 1.78. The normalized spacial score (nSPS) is 11.1. The summed E-state index contributed by atoms with van der Waals surface area (Å²) in [6.07, 6.45) is 3.68. The summed E-state index contributed by atoms with van der Waals surface area (Å²) in [5, 5.41) is 8.52. The van der Waals surface area contributed by atoms with Gasteiger partial charge in [0.05, 0.1) is 5.01 Å². The third kappa shape index (κ3) is 7.25. The van der Waals surface area contributed by atoms with E-state index < -0.39 is 0 Å². The summed E-state index contributed by atoms with van der Waals surface area (Å²) in [5.74, 6) is 0.802. The zero-order valence-electron chi connectivity index (χ0n) is 13.6. The van der Waals surface area contributed by atoms with Crippen LogP contribution in [0.1, 0.15) is 15.4 Å². The molecule has 8 heteroatoms. The Morgan fingerprint density at radius 2 is 2.00 bits per heavy atom. The van der Waals surface area contributed by atoms with Crippen LogP contribution in [0.5, 0.6) is 0 Å². The Kier molecular flexibility index (Phi) is 10.2. The molecule has 4 nitrogen and oxygen atoms in total. The molecule has 132 valence electrons. The first-order valence-electron chi connectivity index (χ1n) is 7.38. The highest BCUT2D eigenvalue weighted by atomic mass is 127. The molecule has 0 aliphatic carbocycles. The number of aromatic nitrogens is 1.